The number of carbonyl (C=O) groups excluding carboxylic acids is 2. The molecule has 0 bridgehead atoms. The molecule has 2 aliphatic rings. The molecule has 2 aliphatic heterocycles. The molecular formula is C26H30N4O5S2. The van der Waals surface area contributed by atoms with E-state index in [1.165, 1.54) is 23.1 Å². The maximum atomic E-state index is 13.8. The van der Waals surface area contributed by atoms with Gasteiger partial charge in [-0.3, -0.25) is 19.0 Å². The number of nitrogens with zero attached hydrogens (tertiary/aromatic N) is 3. The van der Waals surface area contributed by atoms with Crippen LogP contribution in [0.15, 0.2) is 34.2 Å². The fourth-order valence-corrected chi connectivity index (χ4v) is 6.80. The summed E-state index contributed by atoms with van der Waals surface area (Å²) in [4.78, 5) is 46.7. The van der Waals surface area contributed by atoms with E-state index in [9.17, 15) is 14.4 Å². The highest BCUT2D eigenvalue weighted by Crippen LogP contribution is 2.34. The van der Waals surface area contributed by atoms with Crippen LogP contribution in [0.3, 0.4) is 0 Å². The number of thiophene rings is 1. The van der Waals surface area contributed by atoms with Gasteiger partial charge in [-0.25, -0.2) is 4.98 Å². The first-order valence-corrected chi connectivity index (χ1v) is 14.3. The van der Waals surface area contributed by atoms with Crippen molar-refractivity contribution in [2.45, 2.75) is 57.5 Å². The van der Waals surface area contributed by atoms with Gasteiger partial charge in [0.1, 0.15) is 10.6 Å². The minimum absolute atomic E-state index is 0.0293. The zero-order valence-electron chi connectivity index (χ0n) is 21.0. The number of rotatable bonds is 8. The Balaban J connectivity index is 1.39. The van der Waals surface area contributed by atoms with Gasteiger partial charge in [-0.15, -0.1) is 11.3 Å². The molecule has 2 aromatic heterocycles. The van der Waals surface area contributed by atoms with E-state index in [-0.39, 0.29) is 29.2 Å². The van der Waals surface area contributed by atoms with Crippen LogP contribution in [0, 0.1) is 0 Å². The topological polar surface area (TPSA) is 103 Å². The summed E-state index contributed by atoms with van der Waals surface area (Å²) in [5.41, 5.74) is 1.58. The summed E-state index contributed by atoms with van der Waals surface area (Å²) in [6.45, 7) is 6.27. The van der Waals surface area contributed by atoms with Crippen molar-refractivity contribution in [3.8, 4) is 5.75 Å². The summed E-state index contributed by atoms with van der Waals surface area (Å²) in [5, 5.41) is 4.04. The van der Waals surface area contributed by atoms with Crippen LogP contribution in [0.5, 0.6) is 5.75 Å². The fourth-order valence-electron chi connectivity index (χ4n) is 4.72. The minimum atomic E-state index is -0.185. The summed E-state index contributed by atoms with van der Waals surface area (Å²) in [6.07, 6.45) is 2.46. The Morgan fingerprint density at radius 3 is 2.81 bits per heavy atom. The Kier molecular flexibility index (Phi) is 7.82. The molecule has 1 atom stereocenters. The molecule has 1 saturated heterocycles. The smallest absolute Gasteiger partial charge is 0.263 e. The average Bonchev–Trinajstić information content (AvgIpc) is 3.53. The van der Waals surface area contributed by atoms with Gasteiger partial charge in [0.2, 0.25) is 11.8 Å². The lowest BCUT2D eigenvalue weighted by molar-refractivity contribution is -0.129. The molecule has 2 amide bonds. The molecule has 4 heterocycles. The molecule has 0 saturated carbocycles. The Hall–Kier alpha value is -2.89. The zero-order chi connectivity index (χ0) is 25.9. The van der Waals surface area contributed by atoms with Gasteiger partial charge in [-0.2, -0.15) is 0 Å². The van der Waals surface area contributed by atoms with Crippen molar-refractivity contribution in [3.63, 3.8) is 0 Å². The standard InChI is InChI=1S/C26H30N4O5S2/c1-3-34-18-8-6-17(7-9-18)27-22(32)15-36-26-28-24-23(25(33)30(26)13-19-5-4-12-35-19)20-10-11-29(16(2)31)14-21(20)37-24/h6-9,19H,3-5,10-15H2,1-2H3,(H,27,32)/t19-/m0/s1. The van der Waals surface area contributed by atoms with Crippen molar-refractivity contribution in [1.29, 1.82) is 0 Å². The average molecular weight is 543 g/mol. The predicted octanol–water partition coefficient (Wildman–Crippen LogP) is 3.67. The molecule has 1 aromatic carbocycles. The van der Waals surface area contributed by atoms with Crippen LogP contribution in [0.25, 0.3) is 10.2 Å². The predicted molar refractivity (Wildman–Crippen MR) is 145 cm³/mol. The van der Waals surface area contributed by atoms with Crippen molar-refractivity contribution >= 4 is 50.8 Å². The molecule has 1 fully saturated rings. The van der Waals surface area contributed by atoms with E-state index in [0.717, 1.165) is 29.0 Å². The highest BCUT2D eigenvalue weighted by molar-refractivity contribution is 7.99. The molecule has 0 aliphatic carbocycles. The number of hydrogen-bond acceptors (Lipinski definition) is 8. The Morgan fingerprint density at radius 2 is 2.11 bits per heavy atom. The number of ether oxygens (including phenoxy) is 2. The van der Waals surface area contributed by atoms with E-state index in [1.807, 2.05) is 19.1 Å². The Morgan fingerprint density at radius 1 is 1.30 bits per heavy atom. The quantitative estimate of drug-likeness (QED) is 0.342. The number of aromatic nitrogens is 2. The van der Waals surface area contributed by atoms with Crippen LogP contribution >= 0.6 is 23.1 Å². The van der Waals surface area contributed by atoms with Crippen LogP contribution < -0.4 is 15.6 Å². The van der Waals surface area contributed by atoms with Crippen molar-refractivity contribution < 1.29 is 19.1 Å². The van der Waals surface area contributed by atoms with Gasteiger partial charge in [0, 0.05) is 30.6 Å². The second-order valence-electron chi connectivity index (χ2n) is 9.11. The van der Waals surface area contributed by atoms with Crippen LogP contribution in [-0.2, 0) is 33.8 Å². The zero-order valence-corrected chi connectivity index (χ0v) is 22.6. The summed E-state index contributed by atoms with van der Waals surface area (Å²) in [5.74, 6) is 0.701. The number of nitrogens with one attached hydrogen (secondary N) is 1. The monoisotopic (exact) mass is 542 g/mol. The number of fused-ring (bicyclic) bond motifs is 3. The largest absolute Gasteiger partial charge is 0.494 e. The van der Waals surface area contributed by atoms with E-state index >= 15 is 0 Å². The Labute approximate surface area is 223 Å². The van der Waals surface area contributed by atoms with Gasteiger partial charge in [-0.1, -0.05) is 11.8 Å². The molecule has 3 aromatic rings. The summed E-state index contributed by atoms with van der Waals surface area (Å²) in [6, 6.07) is 7.22. The summed E-state index contributed by atoms with van der Waals surface area (Å²) >= 11 is 2.72. The third kappa shape index (κ3) is 5.68. The molecule has 0 radical (unpaired) electrons. The molecular weight excluding hydrogens is 512 g/mol. The third-order valence-electron chi connectivity index (χ3n) is 6.56. The van der Waals surface area contributed by atoms with Crippen molar-refractivity contribution in [3.05, 3.63) is 45.1 Å². The number of amides is 2. The number of anilines is 1. The molecule has 196 valence electrons. The highest BCUT2D eigenvalue weighted by atomic mass is 32.2. The lowest BCUT2D eigenvalue weighted by atomic mass is 10.1. The van der Waals surface area contributed by atoms with Gasteiger partial charge < -0.3 is 19.7 Å². The first-order valence-electron chi connectivity index (χ1n) is 12.5. The second-order valence-corrected chi connectivity index (χ2v) is 11.1. The first kappa shape index (κ1) is 25.7. The van der Waals surface area contributed by atoms with E-state index in [4.69, 9.17) is 14.5 Å². The lowest BCUT2D eigenvalue weighted by Crippen LogP contribution is -2.34. The lowest BCUT2D eigenvalue weighted by Gasteiger charge is -2.25. The maximum Gasteiger partial charge on any atom is 0.263 e. The molecule has 5 rings (SSSR count). The fraction of sp³-hybridized carbons (Fsp3) is 0.462. The van der Waals surface area contributed by atoms with Crippen LogP contribution in [0.1, 0.15) is 37.1 Å². The van der Waals surface area contributed by atoms with Crippen molar-refractivity contribution in [2.24, 2.45) is 0 Å². The van der Waals surface area contributed by atoms with Gasteiger partial charge in [0.15, 0.2) is 5.16 Å². The highest BCUT2D eigenvalue weighted by Gasteiger charge is 2.27. The third-order valence-corrected chi connectivity index (χ3v) is 8.65. The molecule has 9 nitrogen and oxygen atoms in total. The molecule has 37 heavy (non-hydrogen) atoms. The van der Waals surface area contributed by atoms with Gasteiger partial charge in [0.25, 0.3) is 5.56 Å². The van der Waals surface area contributed by atoms with Gasteiger partial charge in [0.05, 0.1) is 36.9 Å². The second kappa shape index (κ2) is 11.2. The maximum absolute atomic E-state index is 13.8. The number of benzene rings is 1. The molecule has 0 spiro atoms. The SMILES string of the molecule is CCOc1ccc(NC(=O)CSc2nc3sc4c(c3c(=O)n2C[C@@H]2CCCO2)CCN(C(C)=O)C4)cc1. The summed E-state index contributed by atoms with van der Waals surface area (Å²) < 4.78 is 12.9. The van der Waals surface area contributed by atoms with E-state index in [1.54, 1.807) is 28.5 Å². The van der Waals surface area contributed by atoms with Crippen LogP contribution in [0.4, 0.5) is 5.69 Å². The van der Waals surface area contributed by atoms with Gasteiger partial charge in [-0.05, 0) is 56.0 Å². The number of hydrogen-bond donors (Lipinski definition) is 1. The first-order chi connectivity index (χ1) is 17.9. The van der Waals surface area contributed by atoms with Crippen LogP contribution in [0.2, 0.25) is 0 Å². The van der Waals surface area contributed by atoms with Crippen LogP contribution in [-0.4, -0.2) is 57.9 Å². The summed E-state index contributed by atoms with van der Waals surface area (Å²) in [7, 11) is 0. The molecule has 11 heteroatoms. The Bertz CT molecular complexity index is 1360. The van der Waals surface area contributed by atoms with Gasteiger partial charge >= 0.3 is 0 Å². The van der Waals surface area contributed by atoms with Crippen molar-refractivity contribution in [1.82, 2.24) is 14.5 Å². The molecule has 0 unspecified atom stereocenters. The minimum Gasteiger partial charge on any atom is -0.494 e. The normalized spacial score (nSPS) is 17.1. The van der Waals surface area contributed by atoms with E-state index in [0.29, 0.717) is 60.3 Å². The number of carbonyl (C=O) groups is 2. The van der Waals surface area contributed by atoms with E-state index < -0.39 is 0 Å². The molecule has 1 N–H and O–H groups in total. The van der Waals surface area contributed by atoms with Crippen molar-refractivity contribution in [2.75, 3.05) is 30.8 Å². The number of thioether (sulfide) groups is 1. The van der Waals surface area contributed by atoms with E-state index in [2.05, 4.69) is 5.32 Å².